The Bertz CT molecular complexity index is 590. The Morgan fingerprint density at radius 3 is 2.26 bits per heavy atom. The first-order chi connectivity index (χ1) is 8.85. The molecule has 0 spiro atoms. The van der Waals surface area contributed by atoms with Crippen LogP contribution in [0.2, 0.25) is 0 Å². The second-order valence-electron chi connectivity index (χ2n) is 3.55. The molecule has 100 valence electrons. The highest BCUT2D eigenvalue weighted by Gasteiger charge is 2.30. The average Bonchev–Trinajstić information content (AvgIpc) is 2.77. The summed E-state index contributed by atoms with van der Waals surface area (Å²) < 4.78 is 39.7. The summed E-state index contributed by atoms with van der Waals surface area (Å²) in [5.74, 6) is -0.292. The minimum atomic E-state index is -4.71. The Hall–Kier alpha value is -1.53. The fourth-order valence-corrected chi connectivity index (χ4v) is 2.37. The van der Waals surface area contributed by atoms with Gasteiger partial charge in [0.05, 0.1) is 4.88 Å². The van der Waals surface area contributed by atoms with Gasteiger partial charge in [-0.15, -0.1) is 24.5 Å². The van der Waals surface area contributed by atoms with Crippen molar-refractivity contribution >= 4 is 28.2 Å². The van der Waals surface area contributed by atoms with Gasteiger partial charge in [0.1, 0.15) is 5.75 Å². The minimum Gasteiger partial charge on any atom is -0.406 e. The van der Waals surface area contributed by atoms with Crippen molar-refractivity contribution in [3.63, 3.8) is 0 Å². The van der Waals surface area contributed by atoms with E-state index in [0.717, 1.165) is 0 Å². The quantitative estimate of drug-likeness (QED) is 0.769. The minimum absolute atomic E-state index is 0.292. The third kappa shape index (κ3) is 3.71. The predicted molar refractivity (Wildman–Crippen MR) is 66.6 cm³/mol. The largest absolute Gasteiger partial charge is 0.573 e. The normalized spacial score (nSPS) is 11.4. The molecule has 0 saturated carbocycles. The maximum Gasteiger partial charge on any atom is 0.573 e. The fourth-order valence-electron chi connectivity index (χ4n) is 1.44. The number of rotatable bonds is 3. The first-order valence-corrected chi connectivity index (χ1v) is 6.25. The third-order valence-corrected chi connectivity index (χ3v) is 3.46. The van der Waals surface area contributed by atoms with Gasteiger partial charge in [-0.25, -0.2) is 0 Å². The summed E-state index contributed by atoms with van der Waals surface area (Å²) >= 11 is 6.50. The van der Waals surface area contributed by atoms with Crippen LogP contribution < -0.4 is 4.74 Å². The maximum absolute atomic E-state index is 12.0. The molecule has 0 bridgehead atoms. The van der Waals surface area contributed by atoms with Crippen LogP contribution in [-0.2, 0) is 0 Å². The van der Waals surface area contributed by atoms with Gasteiger partial charge in [-0.1, -0.05) is 12.1 Å². The highest BCUT2D eigenvalue weighted by Crippen LogP contribution is 2.29. The summed E-state index contributed by atoms with van der Waals surface area (Å²) in [6.45, 7) is 0. The Labute approximate surface area is 115 Å². The second kappa shape index (κ2) is 5.22. The van der Waals surface area contributed by atoms with Gasteiger partial charge in [-0.2, -0.15) is 0 Å². The van der Waals surface area contributed by atoms with E-state index in [-0.39, 0.29) is 5.75 Å². The molecule has 0 radical (unpaired) electrons. The number of thiophene rings is 1. The number of hydrogen-bond acceptors (Lipinski definition) is 3. The van der Waals surface area contributed by atoms with Crippen molar-refractivity contribution in [2.45, 2.75) is 6.36 Å². The molecule has 0 aliphatic carbocycles. The van der Waals surface area contributed by atoms with Gasteiger partial charge in [0.25, 0.3) is 5.24 Å². The molecule has 2 nitrogen and oxygen atoms in total. The molecule has 2 rings (SSSR count). The number of benzene rings is 1. The summed E-state index contributed by atoms with van der Waals surface area (Å²) in [6.07, 6.45) is -4.71. The van der Waals surface area contributed by atoms with Crippen molar-refractivity contribution < 1.29 is 22.7 Å². The van der Waals surface area contributed by atoms with Gasteiger partial charge in [0.15, 0.2) is 0 Å². The van der Waals surface area contributed by atoms with E-state index in [0.29, 0.717) is 16.0 Å². The summed E-state index contributed by atoms with van der Waals surface area (Å²) in [7, 11) is 0. The lowest BCUT2D eigenvalue weighted by atomic mass is 10.1. The van der Waals surface area contributed by atoms with Gasteiger partial charge < -0.3 is 4.74 Å². The molecule has 0 aliphatic heterocycles. The van der Waals surface area contributed by atoms with Gasteiger partial charge in [-0.05, 0) is 46.3 Å². The van der Waals surface area contributed by atoms with E-state index in [4.69, 9.17) is 11.6 Å². The molecule has 0 fully saturated rings. The summed E-state index contributed by atoms with van der Waals surface area (Å²) in [4.78, 5) is 11.3. The molecule has 0 amide bonds. The molecule has 7 heteroatoms. The van der Waals surface area contributed by atoms with Crippen LogP contribution in [0.4, 0.5) is 13.2 Å². The summed E-state index contributed by atoms with van der Waals surface area (Å²) in [5.41, 5.74) is 1.39. The van der Waals surface area contributed by atoms with Crippen LogP contribution in [-0.4, -0.2) is 11.6 Å². The van der Waals surface area contributed by atoms with Crippen molar-refractivity contribution in [3.05, 3.63) is 40.6 Å². The molecule has 1 aromatic heterocycles. The SMILES string of the molecule is O=C(Cl)c1cc(-c2ccc(OC(F)(F)F)cc2)cs1. The lowest BCUT2D eigenvalue weighted by Crippen LogP contribution is -2.16. The maximum atomic E-state index is 12.0. The lowest BCUT2D eigenvalue weighted by Gasteiger charge is -2.08. The molecule has 0 N–H and O–H groups in total. The van der Waals surface area contributed by atoms with Crippen molar-refractivity contribution in [1.82, 2.24) is 0 Å². The Kier molecular flexibility index (Phi) is 3.82. The average molecular weight is 307 g/mol. The van der Waals surface area contributed by atoms with Crippen LogP contribution >= 0.6 is 22.9 Å². The molecule has 1 heterocycles. The zero-order chi connectivity index (χ0) is 14.0. The molecule has 0 atom stereocenters. The van der Waals surface area contributed by atoms with E-state index < -0.39 is 11.6 Å². The van der Waals surface area contributed by atoms with Crippen LogP contribution in [0.5, 0.6) is 5.75 Å². The molecule has 0 unspecified atom stereocenters. The summed E-state index contributed by atoms with van der Waals surface area (Å²) in [6, 6.07) is 6.96. The highest BCUT2D eigenvalue weighted by molar-refractivity contribution is 7.14. The van der Waals surface area contributed by atoms with Crippen molar-refractivity contribution in [1.29, 1.82) is 0 Å². The van der Waals surface area contributed by atoms with Crippen molar-refractivity contribution in [2.24, 2.45) is 0 Å². The zero-order valence-corrected chi connectivity index (χ0v) is 10.8. The van der Waals surface area contributed by atoms with Crippen molar-refractivity contribution in [3.8, 4) is 16.9 Å². The standard InChI is InChI=1S/C12H6ClF3O2S/c13-11(17)10-5-8(6-19-10)7-1-3-9(4-2-7)18-12(14,15)16/h1-6H. The first kappa shape index (κ1) is 13.9. The van der Waals surface area contributed by atoms with Gasteiger partial charge >= 0.3 is 6.36 Å². The summed E-state index contributed by atoms with van der Waals surface area (Å²) in [5, 5.41) is 1.14. The van der Waals surface area contributed by atoms with Crippen LogP contribution in [0.3, 0.4) is 0 Å². The van der Waals surface area contributed by atoms with E-state index in [2.05, 4.69) is 4.74 Å². The van der Waals surface area contributed by atoms with Gasteiger partial charge in [-0.3, -0.25) is 4.79 Å². The van der Waals surface area contributed by atoms with Crippen LogP contribution in [0.1, 0.15) is 9.67 Å². The van der Waals surface area contributed by atoms with E-state index in [9.17, 15) is 18.0 Å². The molecule has 0 saturated heterocycles. The first-order valence-electron chi connectivity index (χ1n) is 5.00. The molecule has 2 aromatic rings. The number of ether oxygens (including phenoxy) is 1. The van der Waals surface area contributed by atoms with E-state index in [1.54, 1.807) is 11.4 Å². The molecule has 0 aliphatic rings. The molecule has 1 aromatic carbocycles. The Balaban J connectivity index is 2.20. The lowest BCUT2D eigenvalue weighted by molar-refractivity contribution is -0.274. The Morgan fingerprint density at radius 1 is 1.16 bits per heavy atom. The topological polar surface area (TPSA) is 26.3 Å². The molecule has 19 heavy (non-hydrogen) atoms. The predicted octanol–water partition coefficient (Wildman–Crippen LogP) is 4.69. The van der Waals surface area contributed by atoms with E-state index >= 15 is 0 Å². The van der Waals surface area contributed by atoms with Gasteiger partial charge in [0.2, 0.25) is 0 Å². The smallest absolute Gasteiger partial charge is 0.406 e. The third-order valence-electron chi connectivity index (χ3n) is 2.21. The number of carbonyl (C=O) groups excluding carboxylic acids is 1. The van der Waals surface area contributed by atoms with Crippen LogP contribution in [0.15, 0.2) is 35.7 Å². The molecular formula is C12H6ClF3O2S. The highest BCUT2D eigenvalue weighted by atomic mass is 35.5. The number of alkyl halides is 3. The number of halogens is 4. The molecular weight excluding hydrogens is 301 g/mol. The monoisotopic (exact) mass is 306 g/mol. The van der Waals surface area contributed by atoms with Crippen LogP contribution in [0.25, 0.3) is 11.1 Å². The fraction of sp³-hybridized carbons (Fsp3) is 0.0833. The number of carbonyl (C=O) groups is 1. The second-order valence-corrected chi connectivity index (χ2v) is 4.80. The van der Waals surface area contributed by atoms with Crippen molar-refractivity contribution in [2.75, 3.05) is 0 Å². The number of hydrogen-bond donors (Lipinski definition) is 0. The van der Waals surface area contributed by atoms with Crippen LogP contribution in [0, 0.1) is 0 Å². The van der Waals surface area contributed by atoms with Gasteiger partial charge in [0, 0.05) is 0 Å². The zero-order valence-electron chi connectivity index (χ0n) is 9.20. The Morgan fingerprint density at radius 2 is 1.79 bits per heavy atom. The van der Waals surface area contributed by atoms with E-state index in [1.807, 2.05) is 0 Å². The van der Waals surface area contributed by atoms with E-state index in [1.165, 1.54) is 35.6 Å².